The van der Waals surface area contributed by atoms with E-state index in [1.807, 2.05) is 0 Å². The highest BCUT2D eigenvalue weighted by Gasteiger charge is 2.53. The van der Waals surface area contributed by atoms with Crippen LogP contribution >= 0.6 is 0 Å². The molecule has 10 aromatic carbocycles. The van der Waals surface area contributed by atoms with Gasteiger partial charge in [-0.2, -0.15) is 0 Å². The van der Waals surface area contributed by atoms with Gasteiger partial charge in [-0.25, -0.2) is 0 Å². The average Bonchev–Trinajstić information content (AvgIpc) is 1.52. The predicted octanol–water partition coefficient (Wildman–Crippen LogP) is 24.2. The van der Waals surface area contributed by atoms with Gasteiger partial charge in [0.1, 0.15) is 0 Å². The first-order valence-electron chi connectivity index (χ1n) is 32.2. The SMILES string of the molecule is CCCCCCC(C)(CC)c1ccc2c(c1)C1(c3cc(N(c4ccc(C)cc4)c4ccccc4-c4ccccc4)ccc3-c3ccc(N(c4ccc(C)cc4)c4ccccc4-c4ccccc4)cc31)c1cc(C(C)(CC)CCCCCC)ccc1-2. The third-order valence-corrected chi connectivity index (χ3v) is 19.9. The van der Waals surface area contributed by atoms with Crippen LogP contribution in [0, 0.1) is 13.8 Å². The topological polar surface area (TPSA) is 6.48 Å². The van der Waals surface area contributed by atoms with Crippen LogP contribution in [0.15, 0.2) is 231 Å². The summed E-state index contributed by atoms with van der Waals surface area (Å²) in [7, 11) is 0. The molecule has 10 aromatic rings. The van der Waals surface area contributed by atoms with E-state index in [1.54, 1.807) is 0 Å². The molecule has 0 saturated heterocycles. The summed E-state index contributed by atoms with van der Waals surface area (Å²) in [5.74, 6) is 0. The lowest BCUT2D eigenvalue weighted by Gasteiger charge is -2.36. The van der Waals surface area contributed by atoms with E-state index in [0.29, 0.717) is 0 Å². The third kappa shape index (κ3) is 10.6. The van der Waals surface area contributed by atoms with Crippen LogP contribution in [0.2, 0.25) is 0 Å². The van der Waals surface area contributed by atoms with E-state index in [-0.39, 0.29) is 10.8 Å². The molecule has 0 bridgehead atoms. The van der Waals surface area contributed by atoms with Gasteiger partial charge in [-0.05, 0) is 178 Å². The molecule has 2 nitrogen and oxygen atoms in total. The molecule has 2 atom stereocenters. The number of unbranched alkanes of at least 4 members (excludes halogenated alkanes) is 6. The van der Waals surface area contributed by atoms with Gasteiger partial charge in [-0.3, -0.25) is 0 Å². The van der Waals surface area contributed by atoms with Crippen molar-refractivity contribution in [2.75, 3.05) is 9.80 Å². The molecule has 1 spiro atoms. The van der Waals surface area contributed by atoms with Gasteiger partial charge in [0.15, 0.2) is 0 Å². The van der Waals surface area contributed by atoms with Crippen molar-refractivity contribution >= 4 is 34.1 Å². The van der Waals surface area contributed by atoms with Crippen LogP contribution in [0.25, 0.3) is 44.5 Å². The van der Waals surface area contributed by atoms with E-state index >= 15 is 0 Å². The lowest BCUT2D eigenvalue weighted by Crippen LogP contribution is -2.29. The Morgan fingerprint density at radius 3 is 1.04 bits per heavy atom. The predicted molar refractivity (Wildman–Crippen MR) is 365 cm³/mol. The van der Waals surface area contributed by atoms with Gasteiger partial charge in [-0.15, -0.1) is 0 Å². The van der Waals surface area contributed by atoms with Gasteiger partial charge < -0.3 is 9.80 Å². The van der Waals surface area contributed by atoms with Gasteiger partial charge in [0.2, 0.25) is 0 Å². The second-order valence-electron chi connectivity index (χ2n) is 25.3. The van der Waals surface area contributed by atoms with Gasteiger partial charge in [0.05, 0.1) is 16.8 Å². The minimum absolute atomic E-state index is 0.00387. The molecule has 0 aliphatic heterocycles. The van der Waals surface area contributed by atoms with E-state index in [2.05, 4.69) is 296 Å². The summed E-state index contributed by atoms with van der Waals surface area (Å²) in [6.07, 6.45) is 14.5. The maximum atomic E-state index is 2.71. The molecule has 2 unspecified atom stereocenters. The highest BCUT2D eigenvalue weighted by Crippen LogP contribution is 2.65. The maximum absolute atomic E-state index is 2.71. The number of hydrogen-bond donors (Lipinski definition) is 0. The highest BCUT2D eigenvalue weighted by molar-refractivity contribution is 5.99. The lowest BCUT2D eigenvalue weighted by molar-refractivity contribution is 0.395. The molecule has 0 aromatic heterocycles. The quantitative estimate of drug-likeness (QED) is 0.0624. The van der Waals surface area contributed by atoms with Crippen LogP contribution in [-0.4, -0.2) is 0 Å². The van der Waals surface area contributed by atoms with Crippen LogP contribution < -0.4 is 9.80 Å². The molecule has 2 heteroatoms. The van der Waals surface area contributed by atoms with E-state index in [4.69, 9.17) is 0 Å². The summed E-state index contributed by atoms with van der Waals surface area (Å²) >= 11 is 0. The molecule has 2 aliphatic carbocycles. The number of benzene rings is 10. The van der Waals surface area contributed by atoms with Crippen LogP contribution in [0.5, 0.6) is 0 Å². The Morgan fingerprint density at radius 2 is 0.659 bits per heavy atom. The van der Waals surface area contributed by atoms with Crippen molar-refractivity contribution in [1.29, 1.82) is 0 Å². The first kappa shape index (κ1) is 57.2. The van der Waals surface area contributed by atoms with Crippen molar-refractivity contribution in [3.05, 3.63) is 275 Å². The molecule has 0 amide bonds. The van der Waals surface area contributed by atoms with Crippen LogP contribution in [0.3, 0.4) is 0 Å². The minimum atomic E-state index is -0.684. The summed E-state index contributed by atoms with van der Waals surface area (Å²) in [4.78, 5) is 5.06. The molecule has 428 valence electrons. The zero-order valence-corrected chi connectivity index (χ0v) is 51.8. The monoisotopic (exact) mass is 1110 g/mol. The molecule has 12 rings (SSSR count). The highest BCUT2D eigenvalue weighted by atomic mass is 15.2. The van der Waals surface area contributed by atoms with Crippen molar-refractivity contribution < 1.29 is 0 Å². The fourth-order valence-electron chi connectivity index (χ4n) is 14.5. The average molecular weight is 1110 g/mol. The van der Waals surface area contributed by atoms with Crippen LogP contribution in [-0.2, 0) is 16.2 Å². The maximum Gasteiger partial charge on any atom is 0.0727 e. The van der Waals surface area contributed by atoms with E-state index in [1.165, 1.54) is 153 Å². The number of para-hydroxylation sites is 2. The molecular weight excluding hydrogens is 1020 g/mol. The molecule has 0 fully saturated rings. The Balaban J connectivity index is 1.18. The normalized spacial score (nSPS) is 14.0. The number of anilines is 6. The van der Waals surface area contributed by atoms with Gasteiger partial charge >= 0.3 is 0 Å². The van der Waals surface area contributed by atoms with Gasteiger partial charge in [-0.1, -0.05) is 274 Å². The first-order chi connectivity index (χ1) is 41.5. The summed E-state index contributed by atoms with van der Waals surface area (Å²) in [6, 6.07) is 88.7. The molecule has 85 heavy (non-hydrogen) atoms. The smallest absolute Gasteiger partial charge is 0.0727 e. The number of nitrogens with zero attached hydrogens (tertiary/aromatic N) is 2. The fraction of sp³-hybridized carbons (Fsp3) is 0.277. The Morgan fingerprint density at radius 1 is 0.318 bits per heavy atom. The van der Waals surface area contributed by atoms with Crippen LogP contribution in [0.4, 0.5) is 34.1 Å². The fourth-order valence-corrected chi connectivity index (χ4v) is 14.5. The van der Waals surface area contributed by atoms with Gasteiger partial charge in [0, 0.05) is 33.9 Å². The Kier molecular flexibility index (Phi) is 16.4. The summed E-state index contributed by atoms with van der Waals surface area (Å²) < 4.78 is 0. The van der Waals surface area contributed by atoms with Gasteiger partial charge in [0.25, 0.3) is 0 Å². The van der Waals surface area contributed by atoms with Crippen molar-refractivity contribution in [1.82, 2.24) is 0 Å². The zero-order chi connectivity index (χ0) is 58.7. The largest absolute Gasteiger partial charge is 0.310 e. The van der Waals surface area contributed by atoms with Crippen molar-refractivity contribution in [2.45, 2.75) is 149 Å². The number of hydrogen-bond acceptors (Lipinski definition) is 2. The van der Waals surface area contributed by atoms with Crippen LogP contribution in [0.1, 0.15) is 163 Å². The molecule has 0 heterocycles. The number of fused-ring (bicyclic) bond motifs is 10. The minimum Gasteiger partial charge on any atom is -0.310 e. The Bertz CT molecular complexity index is 3690. The number of rotatable bonds is 22. The molecule has 2 aliphatic rings. The lowest BCUT2D eigenvalue weighted by atomic mass is 9.67. The Labute approximate surface area is 509 Å². The molecule has 0 radical (unpaired) electrons. The third-order valence-electron chi connectivity index (χ3n) is 19.9. The first-order valence-corrected chi connectivity index (χ1v) is 32.2. The molecular formula is C83H86N2. The number of aryl methyl sites for hydroxylation is 2. The zero-order valence-electron chi connectivity index (χ0n) is 51.8. The standard InChI is InChI=1S/C83H86N2/c1-9-13-15-27-53-81(7,11-3)63-41-49-71-72-50-42-64(82(8,12-4)54-28-16-14-10-2)56-76(72)83(75(71)55-63)77-57-67(84(65-43-37-59(5)38-44-65)79-35-25-23-33-69(79)61-29-19-17-20-30-61)47-51-73(77)74-52-48-68(58-78(74)83)85(66-45-39-60(6)40-46-66)80-36-26-24-34-70(80)62-31-21-18-22-32-62/h17-26,29-52,55-58H,9-16,27-28,53-54H2,1-8H3. The van der Waals surface area contributed by atoms with E-state index in [0.717, 1.165) is 47.0 Å². The molecule has 0 N–H and O–H groups in total. The summed E-state index contributed by atoms with van der Waals surface area (Å²) in [5, 5.41) is 0. The van der Waals surface area contributed by atoms with Crippen molar-refractivity contribution in [3.63, 3.8) is 0 Å². The van der Waals surface area contributed by atoms with E-state index < -0.39 is 5.41 Å². The second kappa shape index (κ2) is 24.4. The van der Waals surface area contributed by atoms with E-state index in [9.17, 15) is 0 Å². The van der Waals surface area contributed by atoms with Crippen molar-refractivity contribution in [3.8, 4) is 44.5 Å². The van der Waals surface area contributed by atoms with Crippen molar-refractivity contribution in [2.24, 2.45) is 0 Å². The second-order valence-corrected chi connectivity index (χ2v) is 25.3. The summed E-state index contributed by atoms with van der Waals surface area (Å²) in [5.41, 5.74) is 27.1. The summed E-state index contributed by atoms with van der Waals surface area (Å²) in [6.45, 7) is 19.0. The Hall–Kier alpha value is -8.20. The molecule has 0 saturated carbocycles.